The molecule has 0 nitrogen and oxygen atoms in total. The zero-order chi connectivity index (χ0) is 20.4. The molecule has 2 heteroatoms. The summed E-state index contributed by atoms with van der Waals surface area (Å²) in [4.78, 5) is 0. The topological polar surface area (TPSA) is 0 Å². The predicted molar refractivity (Wildman–Crippen MR) is 141 cm³/mol. The summed E-state index contributed by atoms with van der Waals surface area (Å²) >= 11 is 0. The van der Waals surface area contributed by atoms with Gasteiger partial charge in [-0.3, -0.25) is 0 Å². The van der Waals surface area contributed by atoms with E-state index in [1.807, 2.05) is 0 Å². The van der Waals surface area contributed by atoms with Crippen LogP contribution in [0.1, 0.15) is 49.3 Å². The van der Waals surface area contributed by atoms with Crippen molar-refractivity contribution < 1.29 is 0 Å². The molecule has 160 valence electrons. The Hall–Kier alpha value is -1.43. The molecule has 0 radical (unpaired) electrons. The minimum atomic E-state index is 0. The van der Waals surface area contributed by atoms with Gasteiger partial charge in [0.25, 0.3) is 0 Å². The Morgan fingerprint density at radius 2 is 1.10 bits per heavy atom. The highest BCUT2D eigenvalue weighted by Crippen LogP contribution is 2.40. The minimum absolute atomic E-state index is 0. The monoisotopic (exact) mass is 482 g/mol. The van der Waals surface area contributed by atoms with Gasteiger partial charge in [-0.1, -0.05) is 117 Å². The van der Waals surface area contributed by atoms with Crippen molar-refractivity contribution >= 4 is 26.2 Å². The van der Waals surface area contributed by atoms with Crippen molar-refractivity contribution in [1.82, 2.24) is 0 Å². The molecule has 0 aliphatic heterocycles. The Balaban J connectivity index is 0.00000320. The summed E-state index contributed by atoms with van der Waals surface area (Å²) in [5.74, 6) is 0.627. The normalized spacial score (nSPS) is 12.2. The van der Waals surface area contributed by atoms with E-state index in [1.165, 1.54) is 42.4 Å². The van der Waals surface area contributed by atoms with Gasteiger partial charge in [-0.15, -0.1) is 26.2 Å². The summed E-state index contributed by atoms with van der Waals surface area (Å²) in [6.07, 6.45) is 8.53. The predicted octanol–water partition coefficient (Wildman–Crippen LogP) is 8.10. The molecule has 0 aromatic heterocycles. The van der Waals surface area contributed by atoms with Gasteiger partial charge in [-0.25, -0.2) is 0 Å². The highest BCUT2D eigenvalue weighted by atomic mass is 79.9. The summed E-state index contributed by atoms with van der Waals surface area (Å²) in [6, 6.07) is 33.1. The molecule has 3 aromatic carbocycles. The first-order chi connectivity index (χ1) is 14.2. The quantitative estimate of drug-likeness (QED) is 0.191. The Labute approximate surface area is 196 Å². The SMILES string of the molecule is Br.CCCCCC(Cc1ccccc1)C(P)(Cc1ccccc1)Cc1ccccc1. The molecule has 3 aromatic rings. The number of hydrogen-bond acceptors (Lipinski definition) is 0. The average Bonchev–Trinajstić information content (AvgIpc) is 2.75. The van der Waals surface area contributed by atoms with Crippen molar-refractivity contribution in [3.63, 3.8) is 0 Å². The maximum Gasteiger partial charge on any atom is -0.00385 e. The molecule has 0 fully saturated rings. The Morgan fingerprint density at radius 3 is 1.53 bits per heavy atom. The van der Waals surface area contributed by atoms with Crippen LogP contribution in [0.3, 0.4) is 0 Å². The lowest BCUT2D eigenvalue weighted by Gasteiger charge is -2.39. The second-order valence-electron chi connectivity index (χ2n) is 8.44. The second-order valence-corrected chi connectivity index (χ2v) is 9.59. The van der Waals surface area contributed by atoms with E-state index in [-0.39, 0.29) is 22.1 Å². The van der Waals surface area contributed by atoms with Crippen LogP contribution in [-0.4, -0.2) is 5.16 Å². The van der Waals surface area contributed by atoms with Crippen molar-refractivity contribution in [3.8, 4) is 0 Å². The lowest BCUT2D eigenvalue weighted by molar-refractivity contribution is 0.332. The summed E-state index contributed by atoms with van der Waals surface area (Å²) in [5.41, 5.74) is 4.33. The number of unbranched alkanes of at least 4 members (excludes halogenated alkanes) is 2. The van der Waals surface area contributed by atoms with Gasteiger partial charge in [-0.05, 0) is 53.4 Å². The Kier molecular flexibility index (Phi) is 10.8. The van der Waals surface area contributed by atoms with Gasteiger partial charge >= 0.3 is 0 Å². The number of hydrogen-bond donors (Lipinski definition) is 0. The van der Waals surface area contributed by atoms with E-state index in [4.69, 9.17) is 0 Å². The summed E-state index contributed by atoms with van der Waals surface area (Å²) in [5, 5.41) is 0.145. The lowest BCUT2D eigenvalue weighted by atomic mass is 9.75. The van der Waals surface area contributed by atoms with Gasteiger partial charge < -0.3 is 0 Å². The van der Waals surface area contributed by atoms with Gasteiger partial charge in [0.1, 0.15) is 0 Å². The molecule has 0 heterocycles. The van der Waals surface area contributed by atoms with Crippen LogP contribution in [0.2, 0.25) is 0 Å². The number of benzene rings is 3. The lowest BCUT2D eigenvalue weighted by Crippen LogP contribution is -2.38. The van der Waals surface area contributed by atoms with Crippen LogP contribution in [-0.2, 0) is 19.3 Å². The first-order valence-corrected chi connectivity index (χ1v) is 11.7. The fourth-order valence-corrected chi connectivity index (χ4v) is 5.19. The van der Waals surface area contributed by atoms with Crippen molar-refractivity contribution in [3.05, 3.63) is 108 Å². The smallest absolute Gasteiger partial charge is 0.00385 e. The third kappa shape index (κ3) is 7.68. The largest absolute Gasteiger partial charge is 0.130 e. The van der Waals surface area contributed by atoms with Crippen LogP contribution < -0.4 is 0 Å². The Morgan fingerprint density at radius 1 is 0.667 bits per heavy atom. The summed E-state index contributed by atoms with van der Waals surface area (Å²) < 4.78 is 0. The molecule has 0 aliphatic rings. The zero-order valence-electron chi connectivity index (χ0n) is 18.2. The molecule has 3 rings (SSSR count). The van der Waals surface area contributed by atoms with Gasteiger partial charge in [0, 0.05) is 0 Å². The van der Waals surface area contributed by atoms with Crippen molar-refractivity contribution in [2.24, 2.45) is 5.92 Å². The van der Waals surface area contributed by atoms with Crippen LogP contribution >= 0.6 is 26.2 Å². The van der Waals surface area contributed by atoms with Crippen LogP contribution in [0.4, 0.5) is 0 Å². The molecule has 2 unspecified atom stereocenters. The molecule has 0 spiro atoms. The number of halogens is 1. The van der Waals surface area contributed by atoms with Gasteiger partial charge in [0.15, 0.2) is 0 Å². The van der Waals surface area contributed by atoms with Crippen LogP contribution in [0.25, 0.3) is 0 Å². The minimum Gasteiger partial charge on any atom is -0.130 e. The van der Waals surface area contributed by atoms with Crippen LogP contribution in [0, 0.1) is 5.92 Å². The highest BCUT2D eigenvalue weighted by molar-refractivity contribution is 8.93. The highest BCUT2D eigenvalue weighted by Gasteiger charge is 2.34. The summed E-state index contributed by atoms with van der Waals surface area (Å²) in [6.45, 7) is 2.30. The van der Waals surface area contributed by atoms with E-state index < -0.39 is 0 Å². The van der Waals surface area contributed by atoms with Crippen molar-refractivity contribution in [2.75, 3.05) is 0 Å². The van der Waals surface area contributed by atoms with Crippen molar-refractivity contribution in [1.29, 1.82) is 0 Å². The third-order valence-electron chi connectivity index (χ3n) is 6.05. The van der Waals surface area contributed by atoms with Crippen molar-refractivity contribution in [2.45, 2.75) is 57.0 Å². The van der Waals surface area contributed by atoms with E-state index in [0.29, 0.717) is 5.92 Å². The molecule has 2 atom stereocenters. The van der Waals surface area contributed by atoms with E-state index in [9.17, 15) is 0 Å². The first-order valence-electron chi connectivity index (χ1n) is 11.1. The van der Waals surface area contributed by atoms with Gasteiger partial charge in [0.2, 0.25) is 0 Å². The molecule has 0 N–H and O–H groups in total. The van der Waals surface area contributed by atoms with Gasteiger partial charge in [0.05, 0.1) is 0 Å². The number of rotatable bonds is 11. The molecule has 0 aliphatic carbocycles. The van der Waals surface area contributed by atoms with Crippen LogP contribution in [0.5, 0.6) is 0 Å². The fourth-order valence-electron chi connectivity index (χ4n) is 4.44. The molecular weight excluding hydrogens is 447 g/mol. The summed E-state index contributed by atoms with van der Waals surface area (Å²) in [7, 11) is 3.33. The molecule has 0 saturated carbocycles. The Bertz CT molecular complexity index is 776. The molecule has 30 heavy (non-hydrogen) atoms. The molecule has 0 amide bonds. The standard InChI is InChI=1S/C28H35P.BrH/c1-2-3-7-20-27(21-24-14-8-4-9-15-24)28(29,22-25-16-10-5-11-17-25)23-26-18-12-6-13-19-26;/h4-6,8-19,27H,2-3,7,20-23,29H2,1H3;1H. The maximum absolute atomic E-state index is 3.33. The molecular formula is C28H36BrP. The van der Waals surface area contributed by atoms with E-state index in [2.05, 4.69) is 107 Å². The zero-order valence-corrected chi connectivity index (χ0v) is 21.0. The van der Waals surface area contributed by atoms with Gasteiger partial charge in [-0.2, -0.15) is 0 Å². The van der Waals surface area contributed by atoms with Crippen LogP contribution in [0.15, 0.2) is 91.0 Å². The van der Waals surface area contributed by atoms with E-state index in [1.54, 1.807) is 0 Å². The molecule has 0 saturated heterocycles. The maximum atomic E-state index is 3.33. The average molecular weight is 483 g/mol. The first kappa shape index (κ1) is 24.8. The fraction of sp³-hybridized carbons (Fsp3) is 0.357. The van der Waals surface area contributed by atoms with E-state index in [0.717, 1.165) is 19.3 Å². The second kappa shape index (κ2) is 13.1. The molecule has 0 bridgehead atoms. The van der Waals surface area contributed by atoms with E-state index >= 15 is 0 Å². The third-order valence-corrected chi connectivity index (χ3v) is 6.93.